The Morgan fingerprint density at radius 3 is 2.83 bits per heavy atom. The molecule has 4 nitrogen and oxygen atoms in total. The van der Waals surface area contributed by atoms with Crippen LogP contribution in [0.2, 0.25) is 0 Å². The molecule has 0 spiro atoms. The molecule has 1 aliphatic rings. The quantitative estimate of drug-likeness (QED) is 0.430. The molecular formula is C2H3N3O. The van der Waals surface area contributed by atoms with Gasteiger partial charge in [0.1, 0.15) is 6.54 Å². The van der Waals surface area contributed by atoms with Gasteiger partial charge in [-0.3, -0.25) is 10.2 Å². The van der Waals surface area contributed by atoms with Crippen LogP contribution in [-0.4, -0.2) is 12.5 Å². The number of carbonyl (C=O) groups is 1. The van der Waals surface area contributed by atoms with Crippen LogP contribution >= 0.6 is 0 Å². The number of hydrogen-bond donors (Lipinski definition) is 1. The second kappa shape index (κ2) is 1.04. The number of nitrogens with zero attached hydrogens (tertiary/aromatic N) is 2. The standard InChI is InChI=1S/C2H3N3O/c6-2-1-3-5-4-2/h1H2,(H,3,4,6). The van der Waals surface area contributed by atoms with Crippen molar-refractivity contribution in [2.75, 3.05) is 6.54 Å². The van der Waals surface area contributed by atoms with Gasteiger partial charge < -0.3 is 0 Å². The lowest BCUT2D eigenvalue weighted by molar-refractivity contribution is -0.116. The van der Waals surface area contributed by atoms with Crippen LogP contribution in [0.15, 0.2) is 10.3 Å². The predicted octanol–water partition coefficient (Wildman–Crippen LogP) is -0.517. The monoisotopic (exact) mass is 85.0 g/mol. The van der Waals surface area contributed by atoms with Gasteiger partial charge >= 0.3 is 0 Å². The minimum atomic E-state index is -0.199. The molecular weight excluding hydrogens is 82.0 g/mol. The summed E-state index contributed by atoms with van der Waals surface area (Å²) in [5, 5.41) is 6.30. The zero-order valence-corrected chi connectivity index (χ0v) is 3.01. The molecule has 0 atom stereocenters. The van der Waals surface area contributed by atoms with E-state index in [0.717, 1.165) is 0 Å². The zero-order chi connectivity index (χ0) is 4.41. The van der Waals surface area contributed by atoms with Crippen molar-refractivity contribution >= 4 is 5.91 Å². The van der Waals surface area contributed by atoms with E-state index < -0.39 is 0 Å². The van der Waals surface area contributed by atoms with Crippen LogP contribution in [0.25, 0.3) is 0 Å². The molecule has 0 saturated heterocycles. The maximum absolute atomic E-state index is 9.92. The lowest BCUT2D eigenvalue weighted by Crippen LogP contribution is -2.05. The van der Waals surface area contributed by atoms with Gasteiger partial charge in [0.2, 0.25) is 0 Å². The highest BCUT2D eigenvalue weighted by Gasteiger charge is 2.00. The van der Waals surface area contributed by atoms with Crippen molar-refractivity contribution < 1.29 is 4.79 Å². The van der Waals surface area contributed by atoms with E-state index in [9.17, 15) is 4.79 Å². The lowest BCUT2D eigenvalue weighted by Gasteiger charge is -1.71. The number of hydrogen-bond acceptors (Lipinski definition) is 3. The van der Waals surface area contributed by atoms with Gasteiger partial charge in [-0.15, -0.1) is 0 Å². The Morgan fingerprint density at radius 1 is 1.83 bits per heavy atom. The number of amides is 1. The Morgan fingerprint density at radius 2 is 2.67 bits per heavy atom. The molecule has 0 saturated carbocycles. The first-order valence-electron chi connectivity index (χ1n) is 1.56. The highest BCUT2D eigenvalue weighted by molar-refractivity contribution is 5.79. The minimum Gasteiger partial charge on any atom is -0.282 e. The Hall–Kier alpha value is -0.930. The molecule has 32 valence electrons. The number of nitrogens with one attached hydrogen (secondary N) is 1. The number of carbonyl (C=O) groups excluding carboxylic acids is 1. The van der Waals surface area contributed by atoms with E-state index >= 15 is 0 Å². The van der Waals surface area contributed by atoms with Crippen molar-refractivity contribution in [2.24, 2.45) is 10.3 Å². The van der Waals surface area contributed by atoms with E-state index in [1.54, 1.807) is 0 Å². The van der Waals surface area contributed by atoms with E-state index in [-0.39, 0.29) is 12.5 Å². The predicted molar refractivity (Wildman–Crippen MR) is 17.9 cm³/mol. The first-order valence-corrected chi connectivity index (χ1v) is 1.56. The van der Waals surface area contributed by atoms with Crippen molar-refractivity contribution in [3.63, 3.8) is 0 Å². The van der Waals surface area contributed by atoms with Gasteiger partial charge in [0.05, 0.1) is 0 Å². The summed E-state index contributed by atoms with van der Waals surface area (Å²) in [6.07, 6.45) is 0. The molecule has 1 heterocycles. The third-order valence-corrected chi connectivity index (χ3v) is 0.463. The summed E-state index contributed by atoms with van der Waals surface area (Å²) >= 11 is 0. The molecule has 0 aromatic carbocycles. The average Bonchev–Trinajstić information content (AvgIpc) is 1.86. The van der Waals surface area contributed by atoms with Gasteiger partial charge in [0, 0.05) is 0 Å². The normalized spacial score (nSPS) is 18.3. The second-order valence-corrected chi connectivity index (χ2v) is 0.929. The molecule has 0 aliphatic carbocycles. The van der Waals surface area contributed by atoms with E-state index in [0.29, 0.717) is 0 Å². The second-order valence-electron chi connectivity index (χ2n) is 0.929. The topological polar surface area (TPSA) is 53.8 Å². The fraction of sp³-hybridized carbons (Fsp3) is 0.500. The third kappa shape index (κ3) is 0.357. The highest BCUT2D eigenvalue weighted by Crippen LogP contribution is 1.80. The Bertz CT molecular complexity index is 97.0. The highest BCUT2D eigenvalue weighted by atomic mass is 16.2. The zero-order valence-electron chi connectivity index (χ0n) is 3.01. The van der Waals surface area contributed by atoms with E-state index in [4.69, 9.17) is 0 Å². The van der Waals surface area contributed by atoms with Crippen molar-refractivity contribution in [3.8, 4) is 0 Å². The lowest BCUT2D eigenvalue weighted by atomic mass is 10.7. The molecule has 1 rings (SSSR count). The molecule has 6 heavy (non-hydrogen) atoms. The van der Waals surface area contributed by atoms with E-state index in [1.165, 1.54) is 0 Å². The number of rotatable bonds is 0. The largest absolute Gasteiger partial charge is 0.287 e. The van der Waals surface area contributed by atoms with E-state index in [1.807, 2.05) is 0 Å². The third-order valence-electron chi connectivity index (χ3n) is 0.463. The Balaban J connectivity index is 2.59. The van der Waals surface area contributed by atoms with Gasteiger partial charge in [-0.2, -0.15) is 0 Å². The maximum Gasteiger partial charge on any atom is 0.287 e. The van der Waals surface area contributed by atoms with Crippen LogP contribution in [-0.2, 0) is 4.79 Å². The summed E-state index contributed by atoms with van der Waals surface area (Å²) in [7, 11) is 0. The molecule has 0 aromatic heterocycles. The summed E-state index contributed by atoms with van der Waals surface area (Å²) in [5.41, 5.74) is 2.38. The summed E-state index contributed by atoms with van der Waals surface area (Å²) in [6, 6.07) is 0. The van der Waals surface area contributed by atoms with Crippen LogP contribution in [0.5, 0.6) is 0 Å². The van der Waals surface area contributed by atoms with Gasteiger partial charge in [-0.25, -0.2) is 0 Å². The summed E-state index contributed by atoms with van der Waals surface area (Å²) < 4.78 is 0. The van der Waals surface area contributed by atoms with Crippen LogP contribution in [0.4, 0.5) is 0 Å². The Labute approximate surface area is 34.2 Å². The SMILES string of the molecule is O=C1CNN=N1. The molecule has 0 aromatic rings. The van der Waals surface area contributed by atoms with Crippen molar-refractivity contribution in [1.29, 1.82) is 0 Å². The summed E-state index contributed by atoms with van der Waals surface area (Å²) in [5.74, 6) is -0.199. The van der Waals surface area contributed by atoms with Crippen LogP contribution in [0.1, 0.15) is 0 Å². The first-order chi connectivity index (χ1) is 2.89. The molecule has 1 aliphatic heterocycles. The molecule has 1 amide bonds. The summed E-state index contributed by atoms with van der Waals surface area (Å²) in [4.78, 5) is 9.92. The minimum absolute atomic E-state index is 0.199. The molecule has 0 bridgehead atoms. The molecule has 0 unspecified atom stereocenters. The van der Waals surface area contributed by atoms with Crippen LogP contribution in [0, 0.1) is 0 Å². The van der Waals surface area contributed by atoms with Crippen LogP contribution < -0.4 is 5.43 Å². The fourth-order valence-electron chi connectivity index (χ4n) is 0.229. The van der Waals surface area contributed by atoms with Gasteiger partial charge in [0.15, 0.2) is 0 Å². The average molecular weight is 85.1 g/mol. The van der Waals surface area contributed by atoms with Gasteiger partial charge in [-0.1, -0.05) is 10.3 Å². The van der Waals surface area contributed by atoms with Crippen molar-refractivity contribution in [1.82, 2.24) is 5.43 Å². The first kappa shape index (κ1) is 3.27. The molecule has 0 fully saturated rings. The molecule has 1 N–H and O–H groups in total. The van der Waals surface area contributed by atoms with Crippen LogP contribution in [0.3, 0.4) is 0 Å². The Kier molecular flexibility index (Phi) is 0.567. The molecule has 4 heteroatoms. The summed E-state index contributed by atoms with van der Waals surface area (Å²) in [6.45, 7) is 0.264. The van der Waals surface area contributed by atoms with E-state index in [2.05, 4.69) is 15.8 Å². The molecule has 0 radical (unpaired) electrons. The fourth-order valence-corrected chi connectivity index (χ4v) is 0.229. The van der Waals surface area contributed by atoms with Crippen molar-refractivity contribution in [3.05, 3.63) is 0 Å². The van der Waals surface area contributed by atoms with Gasteiger partial charge in [0.25, 0.3) is 5.91 Å². The van der Waals surface area contributed by atoms with Crippen molar-refractivity contribution in [2.45, 2.75) is 0 Å². The maximum atomic E-state index is 9.92. The smallest absolute Gasteiger partial charge is 0.282 e. The van der Waals surface area contributed by atoms with Gasteiger partial charge in [-0.05, 0) is 0 Å².